The molecule has 0 spiro atoms. The Balaban J connectivity index is 3.19. The fraction of sp³-hybridized carbons (Fsp3) is 0.429. The van der Waals surface area contributed by atoms with Gasteiger partial charge in [-0.2, -0.15) is 4.48 Å². The fourth-order valence-corrected chi connectivity index (χ4v) is 2.08. The predicted molar refractivity (Wildman–Crippen MR) is 49.8 cm³/mol. The lowest BCUT2D eigenvalue weighted by Gasteiger charge is -2.19. The van der Waals surface area contributed by atoms with Crippen molar-refractivity contribution in [1.82, 2.24) is 0 Å². The number of hydrazone groups is 1. The number of nitrogens with two attached hydrogens (primary N) is 1. The molecule has 1 heterocycles. The van der Waals surface area contributed by atoms with E-state index in [2.05, 4.69) is 5.10 Å². The average molecular weight is 186 g/mol. The summed E-state index contributed by atoms with van der Waals surface area (Å²) in [5, 5.41) is 4.22. The van der Waals surface area contributed by atoms with Crippen LogP contribution < -0.4 is 5.84 Å². The number of rotatable bonds is 1. The molecular weight excluding hydrogens is 174 g/mol. The number of nitrogens with zero attached hydrogens (tertiary/aromatic N) is 2. The molecule has 0 fully saturated rings. The Kier molecular flexibility index (Phi) is 2.25. The van der Waals surface area contributed by atoms with Gasteiger partial charge in [-0.1, -0.05) is 0 Å². The van der Waals surface area contributed by atoms with E-state index in [1.54, 1.807) is 7.05 Å². The molecule has 2 N–H and O–H groups in total. The Bertz CT molecular complexity index is 284. The Hall–Kier alpha value is -0.810. The molecule has 1 atom stereocenters. The second-order valence-corrected chi connectivity index (χ2v) is 4.02. The van der Waals surface area contributed by atoms with Gasteiger partial charge in [-0.15, -0.1) is 5.10 Å². The van der Waals surface area contributed by atoms with Crippen LogP contribution in [-0.4, -0.2) is 23.1 Å². The Morgan fingerprint density at radius 1 is 1.58 bits per heavy atom. The molecule has 1 rings (SSSR count). The maximum atomic E-state index is 10.8. The minimum Gasteiger partial charge on any atom is -0.317 e. The number of amidine groups is 1. The van der Waals surface area contributed by atoms with Gasteiger partial charge in [-0.05, 0) is 18.7 Å². The van der Waals surface area contributed by atoms with E-state index in [0.717, 1.165) is 17.0 Å². The smallest absolute Gasteiger partial charge is 0.312 e. The number of carbonyl (C=O) groups is 1. The number of hydrogen-bond donors (Lipinski definition) is 1. The van der Waals surface area contributed by atoms with E-state index in [4.69, 9.17) is 5.84 Å². The lowest BCUT2D eigenvalue weighted by molar-refractivity contribution is -0.682. The maximum absolute atomic E-state index is 10.8. The highest BCUT2D eigenvalue weighted by Crippen LogP contribution is 2.37. The second-order valence-electron chi connectivity index (χ2n) is 2.84. The van der Waals surface area contributed by atoms with Crippen LogP contribution in [0.5, 0.6) is 0 Å². The SMILES string of the molecule is CC1=C(C)[N+](C)(C=O)C(=NN)S1. The van der Waals surface area contributed by atoms with Gasteiger partial charge in [-0.25, -0.2) is 4.79 Å². The molecular formula is C7H12N3OS+. The van der Waals surface area contributed by atoms with Crippen LogP contribution in [0.15, 0.2) is 15.7 Å². The molecule has 0 saturated carbocycles. The van der Waals surface area contributed by atoms with E-state index in [0.29, 0.717) is 5.17 Å². The molecule has 0 aliphatic carbocycles. The predicted octanol–water partition coefficient (Wildman–Crippen LogP) is 0.817. The highest BCUT2D eigenvalue weighted by molar-refractivity contribution is 8.17. The van der Waals surface area contributed by atoms with Crippen LogP contribution in [0.2, 0.25) is 0 Å². The lowest BCUT2D eigenvalue weighted by atomic mass is 10.4. The van der Waals surface area contributed by atoms with Gasteiger partial charge in [0, 0.05) is 6.92 Å². The van der Waals surface area contributed by atoms with Gasteiger partial charge in [-0.3, -0.25) is 0 Å². The maximum Gasteiger partial charge on any atom is 0.312 e. The normalized spacial score (nSPS) is 33.1. The number of allylic oxidation sites excluding steroid dienone is 2. The molecule has 5 heteroatoms. The quantitative estimate of drug-likeness (QED) is 0.285. The van der Waals surface area contributed by atoms with E-state index < -0.39 is 0 Å². The van der Waals surface area contributed by atoms with Crippen molar-refractivity contribution < 1.29 is 9.28 Å². The topological polar surface area (TPSA) is 55.5 Å². The molecule has 12 heavy (non-hydrogen) atoms. The Morgan fingerprint density at radius 2 is 2.17 bits per heavy atom. The highest BCUT2D eigenvalue weighted by atomic mass is 32.2. The molecule has 0 aromatic carbocycles. The zero-order valence-corrected chi connectivity index (χ0v) is 8.18. The van der Waals surface area contributed by atoms with Crippen molar-refractivity contribution in [2.45, 2.75) is 13.8 Å². The zero-order chi connectivity index (χ0) is 9.35. The highest BCUT2D eigenvalue weighted by Gasteiger charge is 2.41. The van der Waals surface area contributed by atoms with Gasteiger partial charge in [0.1, 0.15) is 5.70 Å². The number of hydrogen-bond acceptors (Lipinski definition) is 4. The summed E-state index contributed by atoms with van der Waals surface area (Å²) < 4.78 is 0.0903. The second kappa shape index (κ2) is 2.91. The number of quaternary nitrogens is 1. The third-order valence-electron chi connectivity index (χ3n) is 2.17. The molecule has 1 aliphatic heterocycles. The first-order valence-corrected chi connectivity index (χ1v) is 4.34. The van der Waals surface area contributed by atoms with E-state index in [-0.39, 0.29) is 4.48 Å². The Morgan fingerprint density at radius 3 is 2.50 bits per heavy atom. The van der Waals surface area contributed by atoms with Crippen LogP contribution in [0.4, 0.5) is 0 Å². The first kappa shape index (κ1) is 9.28. The summed E-state index contributed by atoms with van der Waals surface area (Å²) >= 11 is 1.45. The van der Waals surface area contributed by atoms with Crippen LogP contribution >= 0.6 is 11.8 Å². The third-order valence-corrected chi connectivity index (χ3v) is 3.44. The van der Waals surface area contributed by atoms with Crippen molar-refractivity contribution in [2.75, 3.05) is 7.05 Å². The van der Waals surface area contributed by atoms with E-state index >= 15 is 0 Å². The summed E-state index contributed by atoms with van der Waals surface area (Å²) in [6, 6.07) is 0. The molecule has 1 amide bonds. The minimum atomic E-state index is 0.0903. The van der Waals surface area contributed by atoms with E-state index in [1.165, 1.54) is 11.8 Å². The van der Waals surface area contributed by atoms with Crippen LogP contribution in [0.1, 0.15) is 13.8 Å². The third kappa shape index (κ3) is 1.05. The van der Waals surface area contributed by atoms with Gasteiger partial charge >= 0.3 is 6.41 Å². The molecule has 1 aliphatic rings. The van der Waals surface area contributed by atoms with Crippen molar-refractivity contribution in [3.63, 3.8) is 0 Å². The molecule has 0 radical (unpaired) electrons. The Labute approximate surface area is 75.7 Å². The molecule has 4 nitrogen and oxygen atoms in total. The number of thioether (sulfide) groups is 1. The summed E-state index contributed by atoms with van der Waals surface area (Å²) in [4.78, 5) is 11.9. The van der Waals surface area contributed by atoms with Crippen molar-refractivity contribution in [3.8, 4) is 0 Å². The fourth-order valence-electron chi connectivity index (χ4n) is 1.05. The van der Waals surface area contributed by atoms with E-state index in [9.17, 15) is 4.79 Å². The largest absolute Gasteiger partial charge is 0.317 e. The monoisotopic (exact) mass is 186 g/mol. The van der Waals surface area contributed by atoms with Gasteiger partial charge in [0.05, 0.1) is 12.0 Å². The zero-order valence-electron chi connectivity index (χ0n) is 7.37. The summed E-state index contributed by atoms with van der Waals surface area (Å²) in [5.41, 5.74) is 0.985. The van der Waals surface area contributed by atoms with Crippen LogP contribution in [0.25, 0.3) is 0 Å². The van der Waals surface area contributed by atoms with Gasteiger partial charge in [0.2, 0.25) is 0 Å². The summed E-state index contributed by atoms with van der Waals surface area (Å²) in [6.45, 7) is 3.87. The van der Waals surface area contributed by atoms with Gasteiger partial charge in [0.25, 0.3) is 5.17 Å². The van der Waals surface area contributed by atoms with Crippen LogP contribution in [0, 0.1) is 0 Å². The summed E-state index contributed by atoms with van der Waals surface area (Å²) in [7, 11) is 1.78. The molecule has 0 aromatic heterocycles. The van der Waals surface area contributed by atoms with Crippen LogP contribution in [0.3, 0.4) is 0 Å². The minimum absolute atomic E-state index is 0.0903. The van der Waals surface area contributed by atoms with Crippen molar-refractivity contribution in [3.05, 3.63) is 10.6 Å². The summed E-state index contributed by atoms with van der Waals surface area (Å²) in [5.74, 6) is 5.18. The number of amides is 1. The molecule has 0 aromatic rings. The standard InChI is InChI=1S/C7H12N3OS/c1-5-6(2)12-7(9-8)10(5,3)4-11/h4H,8H2,1-3H3/q+1. The lowest BCUT2D eigenvalue weighted by Crippen LogP contribution is -2.42. The van der Waals surface area contributed by atoms with Gasteiger partial charge < -0.3 is 5.84 Å². The molecule has 66 valence electrons. The first-order valence-electron chi connectivity index (χ1n) is 3.53. The van der Waals surface area contributed by atoms with Gasteiger partial charge in [0.15, 0.2) is 0 Å². The van der Waals surface area contributed by atoms with Crippen LogP contribution in [-0.2, 0) is 4.79 Å². The average Bonchev–Trinajstić information content (AvgIpc) is 2.30. The van der Waals surface area contributed by atoms with Crippen molar-refractivity contribution >= 4 is 23.3 Å². The summed E-state index contributed by atoms with van der Waals surface area (Å²) in [6.07, 6.45) is 0.838. The van der Waals surface area contributed by atoms with Crippen molar-refractivity contribution in [1.29, 1.82) is 0 Å². The van der Waals surface area contributed by atoms with Crippen molar-refractivity contribution in [2.24, 2.45) is 10.9 Å². The molecule has 0 saturated heterocycles. The number of carbonyl (C=O) groups excluding carboxylic acids is 1. The first-order chi connectivity index (χ1) is 5.56. The molecule has 1 unspecified atom stereocenters. The van der Waals surface area contributed by atoms with E-state index in [1.807, 2.05) is 13.8 Å². The molecule has 0 bridgehead atoms.